The molecule has 18 heavy (non-hydrogen) atoms. The van der Waals surface area contributed by atoms with Crippen molar-refractivity contribution in [3.63, 3.8) is 0 Å². The van der Waals surface area contributed by atoms with Crippen LogP contribution >= 0.6 is 0 Å². The van der Waals surface area contributed by atoms with Crippen LogP contribution in [0.3, 0.4) is 0 Å². The standard InChI is InChI=1S/C13H20N2O2S/c1-15(2)18(16,17)14-13-10-6-9-12(13)11-7-4-3-5-8-11/h3-5,7-8,12-14H,6,9-10H2,1-2H3. The third-order valence-corrected chi connectivity index (χ3v) is 5.09. The Balaban J connectivity index is 2.14. The summed E-state index contributed by atoms with van der Waals surface area (Å²) in [5, 5.41) is 0. The highest BCUT2D eigenvalue weighted by molar-refractivity contribution is 7.87. The van der Waals surface area contributed by atoms with Gasteiger partial charge in [-0.2, -0.15) is 17.4 Å². The van der Waals surface area contributed by atoms with Gasteiger partial charge in [0, 0.05) is 26.1 Å². The zero-order valence-corrected chi connectivity index (χ0v) is 11.7. The summed E-state index contributed by atoms with van der Waals surface area (Å²) in [5.74, 6) is 0.293. The first-order valence-corrected chi connectivity index (χ1v) is 7.69. The van der Waals surface area contributed by atoms with Crippen molar-refractivity contribution >= 4 is 10.2 Å². The van der Waals surface area contributed by atoms with Crippen molar-refractivity contribution in [2.45, 2.75) is 31.2 Å². The lowest BCUT2D eigenvalue weighted by molar-refractivity contribution is 0.474. The van der Waals surface area contributed by atoms with E-state index in [1.54, 1.807) is 14.1 Å². The summed E-state index contributed by atoms with van der Waals surface area (Å²) in [6.07, 6.45) is 3.03. The maximum atomic E-state index is 11.9. The first-order valence-electron chi connectivity index (χ1n) is 6.25. The molecule has 0 radical (unpaired) electrons. The zero-order chi connectivity index (χ0) is 13.2. The Morgan fingerprint density at radius 1 is 1.17 bits per heavy atom. The lowest BCUT2D eigenvalue weighted by atomic mass is 9.95. The second-order valence-corrected chi connectivity index (χ2v) is 6.88. The fraction of sp³-hybridized carbons (Fsp3) is 0.538. The normalized spacial score (nSPS) is 24.6. The summed E-state index contributed by atoms with van der Waals surface area (Å²) in [4.78, 5) is 0. The topological polar surface area (TPSA) is 49.4 Å². The summed E-state index contributed by atoms with van der Waals surface area (Å²) < 4.78 is 27.8. The molecule has 1 aliphatic rings. The van der Waals surface area contributed by atoms with Gasteiger partial charge in [-0.3, -0.25) is 0 Å². The van der Waals surface area contributed by atoms with Crippen LogP contribution in [0.4, 0.5) is 0 Å². The molecule has 0 amide bonds. The van der Waals surface area contributed by atoms with Gasteiger partial charge in [-0.25, -0.2) is 0 Å². The maximum absolute atomic E-state index is 11.9. The molecule has 100 valence electrons. The van der Waals surface area contributed by atoms with Crippen LogP contribution in [0.15, 0.2) is 30.3 Å². The molecule has 0 heterocycles. The van der Waals surface area contributed by atoms with Crippen LogP contribution in [0.2, 0.25) is 0 Å². The second-order valence-electron chi connectivity index (χ2n) is 4.96. The van der Waals surface area contributed by atoms with Gasteiger partial charge in [0.15, 0.2) is 0 Å². The Morgan fingerprint density at radius 3 is 2.44 bits per heavy atom. The van der Waals surface area contributed by atoms with Crippen molar-refractivity contribution in [3.8, 4) is 0 Å². The minimum atomic E-state index is -3.34. The minimum absolute atomic E-state index is 0.0137. The largest absolute Gasteiger partial charge is 0.279 e. The molecule has 1 aromatic rings. The highest BCUT2D eigenvalue weighted by Crippen LogP contribution is 2.34. The summed E-state index contributed by atoms with van der Waals surface area (Å²) in [6.45, 7) is 0. The van der Waals surface area contributed by atoms with Crippen molar-refractivity contribution in [2.75, 3.05) is 14.1 Å². The van der Waals surface area contributed by atoms with Crippen molar-refractivity contribution in [3.05, 3.63) is 35.9 Å². The van der Waals surface area contributed by atoms with Gasteiger partial charge in [0.2, 0.25) is 0 Å². The number of benzene rings is 1. The molecule has 2 atom stereocenters. The highest BCUT2D eigenvalue weighted by Gasteiger charge is 2.32. The smallest absolute Gasteiger partial charge is 0.198 e. The molecule has 5 heteroatoms. The van der Waals surface area contributed by atoms with E-state index in [0.29, 0.717) is 5.92 Å². The number of nitrogens with zero attached hydrogens (tertiary/aromatic N) is 1. The Morgan fingerprint density at radius 2 is 1.83 bits per heavy atom. The van der Waals surface area contributed by atoms with Gasteiger partial charge in [-0.1, -0.05) is 36.8 Å². The number of rotatable bonds is 4. The van der Waals surface area contributed by atoms with Crippen LogP contribution in [-0.4, -0.2) is 32.9 Å². The Hall–Kier alpha value is -0.910. The minimum Gasteiger partial charge on any atom is -0.198 e. The number of hydrogen-bond donors (Lipinski definition) is 1. The van der Waals surface area contributed by atoms with E-state index in [1.807, 2.05) is 18.2 Å². The highest BCUT2D eigenvalue weighted by atomic mass is 32.2. The van der Waals surface area contributed by atoms with Gasteiger partial charge in [0.05, 0.1) is 0 Å². The summed E-state index contributed by atoms with van der Waals surface area (Å²) in [6, 6.07) is 10.2. The van der Waals surface area contributed by atoms with Crippen molar-refractivity contribution < 1.29 is 8.42 Å². The van der Waals surface area contributed by atoms with Gasteiger partial charge in [0.1, 0.15) is 0 Å². The average Bonchev–Trinajstić information content (AvgIpc) is 2.77. The van der Waals surface area contributed by atoms with E-state index in [0.717, 1.165) is 19.3 Å². The molecule has 4 nitrogen and oxygen atoms in total. The van der Waals surface area contributed by atoms with E-state index >= 15 is 0 Å². The molecule has 2 unspecified atom stereocenters. The predicted molar refractivity (Wildman–Crippen MR) is 72.6 cm³/mol. The molecule has 1 aliphatic carbocycles. The van der Waals surface area contributed by atoms with Crippen molar-refractivity contribution in [2.24, 2.45) is 0 Å². The predicted octanol–water partition coefficient (Wildman–Crippen LogP) is 1.72. The second kappa shape index (κ2) is 5.38. The molecule has 1 saturated carbocycles. The zero-order valence-electron chi connectivity index (χ0n) is 10.8. The third kappa shape index (κ3) is 2.91. The molecule has 0 aromatic heterocycles. The quantitative estimate of drug-likeness (QED) is 0.904. The Labute approximate surface area is 109 Å². The van der Waals surface area contributed by atoms with E-state index in [9.17, 15) is 8.42 Å². The van der Waals surface area contributed by atoms with E-state index in [4.69, 9.17) is 0 Å². The fourth-order valence-corrected chi connectivity index (χ4v) is 3.37. The fourth-order valence-electron chi connectivity index (χ4n) is 2.50. The summed E-state index contributed by atoms with van der Waals surface area (Å²) in [7, 11) is -0.238. The van der Waals surface area contributed by atoms with Crippen LogP contribution in [0.5, 0.6) is 0 Å². The first kappa shape index (κ1) is 13.5. The molecular formula is C13H20N2O2S. The van der Waals surface area contributed by atoms with E-state index in [1.165, 1.54) is 9.87 Å². The van der Waals surface area contributed by atoms with Crippen LogP contribution in [0.1, 0.15) is 30.7 Å². The van der Waals surface area contributed by atoms with Crippen molar-refractivity contribution in [1.82, 2.24) is 9.03 Å². The maximum Gasteiger partial charge on any atom is 0.279 e. The lowest BCUT2D eigenvalue weighted by Gasteiger charge is -2.23. The molecule has 0 bridgehead atoms. The molecule has 0 saturated heterocycles. The Bertz CT molecular complexity index is 485. The summed E-state index contributed by atoms with van der Waals surface area (Å²) in [5.41, 5.74) is 1.22. The third-order valence-electron chi connectivity index (χ3n) is 3.52. The van der Waals surface area contributed by atoms with E-state index in [-0.39, 0.29) is 6.04 Å². The van der Waals surface area contributed by atoms with Crippen LogP contribution in [0.25, 0.3) is 0 Å². The monoisotopic (exact) mass is 268 g/mol. The van der Waals surface area contributed by atoms with Gasteiger partial charge >= 0.3 is 0 Å². The van der Waals surface area contributed by atoms with E-state index in [2.05, 4.69) is 16.9 Å². The SMILES string of the molecule is CN(C)S(=O)(=O)NC1CCCC1c1ccccc1. The molecule has 0 aliphatic heterocycles. The van der Waals surface area contributed by atoms with Crippen LogP contribution in [-0.2, 0) is 10.2 Å². The molecular weight excluding hydrogens is 248 g/mol. The molecule has 2 rings (SSSR count). The van der Waals surface area contributed by atoms with Gasteiger partial charge in [-0.15, -0.1) is 0 Å². The molecule has 1 N–H and O–H groups in total. The van der Waals surface area contributed by atoms with Gasteiger partial charge < -0.3 is 0 Å². The van der Waals surface area contributed by atoms with Gasteiger partial charge in [0.25, 0.3) is 10.2 Å². The van der Waals surface area contributed by atoms with Crippen molar-refractivity contribution in [1.29, 1.82) is 0 Å². The Kier molecular flexibility index (Phi) is 4.04. The van der Waals surface area contributed by atoms with E-state index < -0.39 is 10.2 Å². The van der Waals surface area contributed by atoms with Crippen LogP contribution in [0, 0.1) is 0 Å². The number of hydrogen-bond acceptors (Lipinski definition) is 2. The number of nitrogens with one attached hydrogen (secondary N) is 1. The molecule has 0 spiro atoms. The average molecular weight is 268 g/mol. The molecule has 1 fully saturated rings. The van der Waals surface area contributed by atoms with Gasteiger partial charge in [-0.05, 0) is 18.4 Å². The first-order chi connectivity index (χ1) is 8.50. The lowest BCUT2D eigenvalue weighted by Crippen LogP contribution is -2.43. The summed E-state index contributed by atoms with van der Waals surface area (Å²) >= 11 is 0. The van der Waals surface area contributed by atoms with Crippen LogP contribution < -0.4 is 4.72 Å². The molecule has 1 aromatic carbocycles.